The first kappa shape index (κ1) is 11.3. The zero-order chi connectivity index (χ0) is 10.9. The summed E-state index contributed by atoms with van der Waals surface area (Å²) >= 11 is 0. The Morgan fingerprint density at radius 1 is 1.27 bits per heavy atom. The van der Waals surface area contributed by atoms with Crippen molar-refractivity contribution in [1.82, 2.24) is 0 Å². The molecule has 0 radical (unpaired) electrons. The van der Waals surface area contributed by atoms with Gasteiger partial charge in [0, 0.05) is 6.42 Å². The highest BCUT2D eigenvalue weighted by Crippen LogP contribution is 2.30. The largest absolute Gasteiger partial charge is 0.347 e. The first-order valence-electron chi connectivity index (χ1n) is 5.18. The molecule has 0 N–H and O–H groups in total. The zero-order valence-corrected chi connectivity index (χ0v) is 9.53. The van der Waals surface area contributed by atoms with Gasteiger partial charge in [-0.25, -0.2) is 0 Å². The van der Waals surface area contributed by atoms with Crippen LogP contribution >= 0.6 is 0 Å². The molecule has 88 valence electrons. The third kappa shape index (κ3) is 3.41. The van der Waals surface area contributed by atoms with Gasteiger partial charge in [0.1, 0.15) is 6.61 Å². The maximum atomic E-state index is 10.8. The molecule has 6 heteroatoms. The van der Waals surface area contributed by atoms with Crippen molar-refractivity contribution >= 4 is 10.1 Å². The Hall–Kier alpha value is -0.170. The van der Waals surface area contributed by atoms with Gasteiger partial charge in [0.15, 0.2) is 6.29 Å². The van der Waals surface area contributed by atoms with Crippen LogP contribution in [0.2, 0.25) is 0 Å². The van der Waals surface area contributed by atoms with Gasteiger partial charge < -0.3 is 9.47 Å². The molecule has 0 spiro atoms. The summed E-state index contributed by atoms with van der Waals surface area (Å²) in [6.45, 7) is -0.0359. The fourth-order valence-corrected chi connectivity index (χ4v) is 2.43. The van der Waals surface area contributed by atoms with E-state index < -0.39 is 16.4 Å². The number of hydrogen-bond donors (Lipinski definition) is 0. The van der Waals surface area contributed by atoms with Crippen LogP contribution in [0.5, 0.6) is 0 Å². The molecule has 1 aliphatic heterocycles. The standard InChI is InChI=1S/C9H16O5S/c1-15(10,11)12-6-9-13-7-3-2-4-8(5-7)14-9/h7-9H,2-6H2,1H3. The topological polar surface area (TPSA) is 61.8 Å². The van der Waals surface area contributed by atoms with Crippen molar-refractivity contribution in [3.05, 3.63) is 0 Å². The lowest BCUT2D eigenvalue weighted by molar-refractivity contribution is -0.263. The maximum Gasteiger partial charge on any atom is 0.264 e. The molecule has 0 amide bonds. The summed E-state index contributed by atoms with van der Waals surface area (Å²) in [5, 5.41) is 0. The summed E-state index contributed by atoms with van der Waals surface area (Å²) in [5.74, 6) is 0. The minimum atomic E-state index is -3.41. The molecular formula is C9H16O5S. The lowest BCUT2D eigenvalue weighted by Crippen LogP contribution is -2.43. The van der Waals surface area contributed by atoms with Crippen LogP contribution in [0.25, 0.3) is 0 Å². The number of fused-ring (bicyclic) bond motifs is 2. The average Bonchev–Trinajstić information content (AvgIpc) is 2.13. The number of ether oxygens (including phenoxy) is 2. The second kappa shape index (κ2) is 4.37. The van der Waals surface area contributed by atoms with E-state index in [-0.39, 0.29) is 18.8 Å². The van der Waals surface area contributed by atoms with Crippen LogP contribution in [0.15, 0.2) is 0 Å². The van der Waals surface area contributed by atoms with Gasteiger partial charge in [-0.1, -0.05) is 0 Å². The van der Waals surface area contributed by atoms with Crippen LogP contribution in [-0.4, -0.2) is 39.8 Å². The first-order chi connectivity index (χ1) is 7.03. The molecule has 1 aliphatic carbocycles. The second-order valence-electron chi connectivity index (χ2n) is 4.10. The molecule has 2 fully saturated rings. The molecule has 0 aromatic heterocycles. The normalized spacial score (nSPS) is 36.5. The highest BCUT2D eigenvalue weighted by Gasteiger charge is 2.33. The lowest BCUT2D eigenvalue weighted by Gasteiger charge is -2.39. The molecule has 0 aromatic carbocycles. The summed E-state index contributed by atoms with van der Waals surface area (Å²) in [6.07, 6.45) is 5.05. The van der Waals surface area contributed by atoms with E-state index in [1.54, 1.807) is 0 Å². The van der Waals surface area contributed by atoms with Gasteiger partial charge in [0.2, 0.25) is 0 Å². The third-order valence-corrected chi connectivity index (χ3v) is 3.25. The van der Waals surface area contributed by atoms with Gasteiger partial charge in [0.05, 0.1) is 18.5 Å². The summed E-state index contributed by atoms with van der Waals surface area (Å²) in [5.41, 5.74) is 0. The van der Waals surface area contributed by atoms with E-state index in [4.69, 9.17) is 9.47 Å². The van der Waals surface area contributed by atoms with Crippen molar-refractivity contribution in [2.75, 3.05) is 12.9 Å². The molecule has 2 aliphatic rings. The maximum absolute atomic E-state index is 10.8. The number of rotatable bonds is 3. The Kier molecular flexibility index (Phi) is 3.30. The van der Waals surface area contributed by atoms with Crippen LogP contribution in [0.1, 0.15) is 25.7 Å². The van der Waals surface area contributed by atoms with Gasteiger partial charge >= 0.3 is 0 Å². The third-order valence-electron chi connectivity index (χ3n) is 2.68. The minimum Gasteiger partial charge on any atom is -0.347 e. The molecule has 15 heavy (non-hydrogen) atoms. The van der Waals surface area contributed by atoms with Crippen molar-refractivity contribution < 1.29 is 22.1 Å². The van der Waals surface area contributed by atoms with Crippen molar-refractivity contribution in [2.24, 2.45) is 0 Å². The molecule has 1 saturated heterocycles. The van der Waals surface area contributed by atoms with Crippen LogP contribution in [0, 0.1) is 0 Å². The molecule has 2 rings (SSSR count). The van der Waals surface area contributed by atoms with E-state index in [1.165, 1.54) is 0 Å². The average molecular weight is 236 g/mol. The van der Waals surface area contributed by atoms with Crippen LogP contribution in [0.3, 0.4) is 0 Å². The molecule has 2 atom stereocenters. The van der Waals surface area contributed by atoms with E-state index >= 15 is 0 Å². The zero-order valence-electron chi connectivity index (χ0n) is 8.72. The Morgan fingerprint density at radius 2 is 1.87 bits per heavy atom. The van der Waals surface area contributed by atoms with Gasteiger partial charge in [0.25, 0.3) is 10.1 Å². The molecule has 0 aromatic rings. The molecular weight excluding hydrogens is 220 g/mol. The SMILES string of the molecule is CS(=O)(=O)OCC1OC2CCCC(C2)O1. The fourth-order valence-electron chi connectivity index (χ4n) is 2.07. The summed E-state index contributed by atoms with van der Waals surface area (Å²) in [4.78, 5) is 0. The van der Waals surface area contributed by atoms with Gasteiger partial charge in [-0.2, -0.15) is 8.42 Å². The quantitative estimate of drug-likeness (QED) is 0.673. The van der Waals surface area contributed by atoms with Crippen LogP contribution in [0.4, 0.5) is 0 Å². The van der Waals surface area contributed by atoms with Gasteiger partial charge in [-0.3, -0.25) is 4.18 Å². The summed E-state index contributed by atoms with van der Waals surface area (Å²) in [6, 6.07) is 0. The minimum absolute atomic E-state index is 0.0359. The van der Waals surface area contributed by atoms with Crippen molar-refractivity contribution in [3.8, 4) is 0 Å². The lowest BCUT2D eigenvalue weighted by atomic mass is 9.94. The Balaban J connectivity index is 1.84. The smallest absolute Gasteiger partial charge is 0.264 e. The first-order valence-corrected chi connectivity index (χ1v) is 7.00. The summed E-state index contributed by atoms with van der Waals surface area (Å²) in [7, 11) is -3.41. The van der Waals surface area contributed by atoms with E-state index in [1.807, 2.05) is 0 Å². The highest BCUT2D eigenvalue weighted by atomic mass is 32.2. The molecule has 2 unspecified atom stereocenters. The Labute approximate surface area is 89.8 Å². The molecule has 1 saturated carbocycles. The highest BCUT2D eigenvalue weighted by molar-refractivity contribution is 7.85. The van der Waals surface area contributed by atoms with Gasteiger partial charge in [-0.15, -0.1) is 0 Å². The van der Waals surface area contributed by atoms with Gasteiger partial charge in [-0.05, 0) is 19.3 Å². The Morgan fingerprint density at radius 3 is 2.40 bits per heavy atom. The van der Waals surface area contributed by atoms with Crippen LogP contribution in [-0.2, 0) is 23.8 Å². The Bertz CT molecular complexity index is 300. The fraction of sp³-hybridized carbons (Fsp3) is 1.00. The molecule has 2 bridgehead atoms. The van der Waals surface area contributed by atoms with Crippen molar-refractivity contribution in [1.29, 1.82) is 0 Å². The van der Waals surface area contributed by atoms with E-state index in [2.05, 4.69) is 4.18 Å². The van der Waals surface area contributed by atoms with Crippen molar-refractivity contribution in [2.45, 2.75) is 44.2 Å². The summed E-state index contributed by atoms with van der Waals surface area (Å²) < 4.78 is 37.3. The molecule has 1 heterocycles. The number of hydrogen-bond acceptors (Lipinski definition) is 5. The van der Waals surface area contributed by atoms with Crippen molar-refractivity contribution in [3.63, 3.8) is 0 Å². The predicted octanol–water partition coefficient (Wildman–Crippen LogP) is 0.647. The van der Waals surface area contributed by atoms with E-state index in [9.17, 15) is 8.42 Å². The molecule has 5 nitrogen and oxygen atoms in total. The van der Waals surface area contributed by atoms with E-state index in [0.717, 1.165) is 31.9 Å². The second-order valence-corrected chi connectivity index (χ2v) is 5.74. The predicted molar refractivity (Wildman–Crippen MR) is 52.8 cm³/mol. The monoisotopic (exact) mass is 236 g/mol. The van der Waals surface area contributed by atoms with E-state index in [0.29, 0.717) is 0 Å². The van der Waals surface area contributed by atoms with Crippen LogP contribution < -0.4 is 0 Å².